The van der Waals surface area contributed by atoms with Crippen LogP contribution in [-0.4, -0.2) is 25.5 Å². The van der Waals surface area contributed by atoms with Crippen molar-refractivity contribution < 1.29 is 4.79 Å². The Kier molecular flexibility index (Phi) is 5.40. The zero-order valence-corrected chi connectivity index (χ0v) is 11.7. The van der Waals surface area contributed by atoms with Crippen LogP contribution in [0.5, 0.6) is 0 Å². The van der Waals surface area contributed by atoms with E-state index in [1.807, 2.05) is 0 Å². The molecular formula is C16H24N2O. The minimum atomic E-state index is 0.212. The minimum Gasteiger partial charge on any atom is -0.356 e. The molecule has 0 aliphatic carbocycles. The number of rotatable bonds is 5. The average Bonchev–Trinajstić information content (AvgIpc) is 2.49. The van der Waals surface area contributed by atoms with Gasteiger partial charge in [0, 0.05) is 12.5 Å². The Bertz CT molecular complexity index is 394. The van der Waals surface area contributed by atoms with E-state index in [9.17, 15) is 4.79 Å². The molecule has 1 saturated heterocycles. The average molecular weight is 260 g/mol. The van der Waals surface area contributed by atoms with Gasteiger partial charge in [-0.3, -0.25) is 4.79 Å². The molecule has 0 radical (unpaired) electrons. The molecule has 0 spiro atoms. The molecule has 3 nitrogen and oxygen atoms in total. The molecule has 104 valence electrons. The molecule has 1 fully saturated rings. The van der Waals surface area contributed by atoms with Gasteiger partial charge < -0.3 is 10.6 Å². The number of hydrogen-bond donors (Lipinski definition) is 2. The highest BCUT2D eigenvalue weighted by atomic mass is 16.1. The number of nitrogens with one attached hydrogen (secondary N) is 2. The summed E-state index contributed by atoms with van der Waals surface area (Å²) in [5, 5.41) is 6.35. The quantitative estimate of drug-likeness (QED) is 0.849. The lowest BCUT2D eigenvalue weighted by Crippen LogP contribution is -2.38. The number of carbonyl (C=O) groups is 1. The molecular weight excluding hydrogens is 236 g/mol. The summed E-state index contributed by atoms with van der Waals surface area (Å²) >= 11 is 0. The maximum Gasteiger partial charge on any atom is 0.223 e. The molecule has 1 aromatic rings. The highest BCUT2D eigenvalue weighted by molar-refractivity contribution is 5.78. The van der Waals surface area contributed by atoms with E-state index in [1.165, 1.54) is 11.1 Å². The number of aryl methyl sites for hydroxylation is 1. The third-order valence-corrected chi connectivity index (χ3v) is 3.85. The minimum absolute atomic E-state index is 0.212. The summed E-state index contributed by atoms with van der Waals surface area (Å²) in [6.07, 6.45) is 3.93. The van der Waals surface area contributed by atoms with Gasteiger partial charge >= 0.3 is 0 Å². The highest BCUT2D eigenvalue weighted by Gasteiger charge is 2.19. The van der Waals surface area contributed by atoms with Crippen molar-refractivity contribution in [2.75, 3.05) is 19.6 Å². The van der Waals surface area contributed by atoms with Gasteiger partial charge in [-0.2, -0.15) is 0 Å². The molecule has 1 heterocycles. The second kappa shape index (κ2) is 7.29. The zero-order valence-electron chi connectivity index (χ0n) is 11.7. The summed E-state index contributed by atoms with van der Waals surface area (Å²) in [5.41, 5.74) is 2.66. The Morgan fingerprint density at radius 2 is 1.84 bits per heavy atom. The first kappa shape index (κ1) is 14.1. The van der Waals surface area contributed by atoms with E-state index in [-0.39, 0.29) is 11.8 Å². The topological polar surface area (TPSA) is 41.1 Å². The summed E-state index contributed by atoms with van der Waals surface area (Å²) < 4.78 is 0. The number of piperidine rings is 1. The lowest BCUT2D eigenvalue weighted by Gasteiger charge is -2.21. The second-order valence-corrected chi connectivity index (χ2v) is 5.24. The molecule has 0 bridgehead atoms. The van der Waals surface area contributed by atoms with E-state index < -0.39 is 0 Å². The van der Waals surface area contributed by atoms with Crippen LogP contribution in [0.4, 0.5) is 0 Å². The highest BCUT2D eigenvalue weighted by Crippen LogP contribution is 2.11. The van der Waals surface area contributed by atoms with Gasteiger partial charge in [-0.25, -0.2) is 0 Å². The van der Waals surface area contributed by atoms with Crippen molar-refractivity contribution in [3.8, 4) is 0 Å². The Labute approximate surface area is 115 Å². The van der Waals surface area contributed by atoms with Crippen molar-refractivity contribution in [1.29, 1.82) is 0 Å². The molecule has 1 aliphatic rings. The third-order valence-electron chi connectivity index (χ3n) is 3.85. The standard InChI is InChI=1S/C16H24N2O/c1-2-13-3-5-14(6-4-13)7-12-18-16(19)15-8-10-17-11-9-15/h3-6,15,17H,2,7-12H2,1H3,(H,18,19). The maximum atomic E-state index is 11.9. The number of amides is 1. The summed E-state index contributed by atoms with van der Waals surface area (Å²) in [6.45, 7) is 4.84. The lowest BCUT2D eigenvalue weighted by atomic mass is 9.97. The molecule has 2 N–H and O–H groups in total. The Balaban J connectivity index is 1.71. The predicted molar refractivity (Wildman–Crippen MR) is 78.1 cm³/mol. The zero-order chi connectivity index (χ0) is 13.5. The summed E-state index contributed by atoms with van der Waals surface area (Å²) in [5.74, 6) is 0.440. The van der Waals surface area contributed by atoms with Crippen molar-refractivity contribution in [1.82, 2.24) is 10.6 Å². The van der Waals surface area contributed by atoms with E-state index >= 15 is 0 Å². The van der Waals surface area contributed by atoms with Crippen LogP contribution >= 0.6 is 0 Å². The molecule has 1 aromatic carbocycles. The van der Waals surface area contributed by atoms with Crippen LogP contribution in [-0.2, 0) is 17.6 Å². The monoisotopic (exact) mass is 260 g/mol. The van der Waals surface area contributed by atoms with Gasteiger partial charge in [0.05, 0.1) is 0 Å². The van der Waals surface area contributed by atoms with Crippen LogP contribution in [0.1, 0.15) is 30.9 Å². The molecule has 0 aromatic heterocycles. The van der Waals surface area contributed by atoms with Gasteiger partial charge in [-0.05, 0) is 49.9 Å². The van der Waals surface area contributed by atoms with Crippen LogP contribution in [0.2, 0.25) is 0 Å². The first-order chi connectivity index (χ1) is 9.29. The molecule has 19 heavy (non-hydrogen) atoms. The number of carbonyl (C=O) groups excluding carboxylic acids is 1. The largest absolute Gasteiger partial charge is 0.356 e. The van der Waals surface area contributed by atoms with E-state index in [4.69, 9.17) is 0 Å². The van der Waals surface area contributed by atoms with Gasteiger partial charge in [0.15, 0.2) is 0 Å². The first-order valence-electron chi connectivity index (χ1n) is 7.36. The number of benzene rings is 1. The number of hydrogen-bond acceptors (Lipinski definition) is 2. The van der Waals surface area contributed by atoms with Gasteiger partial charge in [-0.15, -0.1) is 0 Å². The van der Waals surface area contributed by atoms with Crippen LogP contribution in [0.15, 0.2) is 24.3 Å². The summed E-state index contributed by atoms with van der Waals surface area (Å²) in [6, 6.07) is 8.67. The maximum absolute atomic E-state index is 11.9. The van der Waals surface area contributed by atoms with Gasteiger partial charge in [0.25, 0.3) is 0 Å². The molecule has 0 saturated carbocycles. The molecule has 1 aliphatic heterocycles. The molecule has 1 amide bonds. The first-order valence-corrected chi connectivity index (χ1v) is 7.36. The van der Waals surface area contributed by atoms with E-state index in [1.54, 1.807) is 0 Å². The predicted octanol–water partition coefficient (Wildman–Crippen LogP) is 1.91. The Morgan fingerprint density at radius 1 is 1.21 bits per heavy atom. The molecule has 0 atom stereocenters. The van der Waals surface area contributed by atoms with Crippen LogP contribution in [0.3, 0.4) is 0 Å². The van der Waals surface area contributed by atoms with Crippen molar-refractivity contribution in [2.24, 2.45) is 5.92 Å². The lowest BCUT2D eigenvalue weighted by molar-refractivity contribution is -0.125. The smallest absolute Gasteiger partial charge is 0.223 e. The van der Waals surface area contributed by atoms with Crippen LogP contribution in [0, 0.1) is 5.92 Å². The molecule has 3 heteroatoms. The molecule has 2 rings (SSSR count). The summed E-state index contributed by atoms with van der Waals surface area (Å²) in [7, 11) is 0. The van der Waals surface area contributed by atoms with E-state index in [0.29, 0.717) is 0 Å². The second-order valence-electron chi connectivity index (χ2n) is 5.24. The van der Waals surface area contributed by atoms with E-state index in [0.717, 1.165) is 45.3 Å². The van der Waals surface area contributed by atoms with Crippen LogP contribution < -0.4 is 10.6 Å². The van der Waals surface area contributed by atoms with Gasteiger partial charge in [-0.1, -0.05) is 31.2 Å². The fraction of sp³-hybridized carbons (Fsp3) is 0.562. The normalized spacial score (nSPS) is 16.3. The fourth-order valence-electron chi connectivity index (χ4n) is 2.50. The van der Waals surface area contributed by atoms with E-state index in [2.05, 4.69) is 41.8 Å². The van der Waals surface area contributed by atoms with Gasteiger partial charge in [0.1, 0.15) is 0 Å². The Hall–Kier alpha value is -1.35. The van der Waals surface area contributed by atoms with Crippen molar-refractivity contribution in [2.45, 2.75) is 32.6 Å². The van der Waals surface area contributed by atoms with Gasteiger partial charge in [0.2, 0.25) is 5.91 Å². The van der Waals surface area contributed by atoms with Crippen LogP contribution in [0.25, 0.3) is 0 Å². The SMILES string of the molecule is CCc1ccc(CCNC(=O)C2CCNCC2)cc1. The fourth-order valence-corrected chi connectivity index (χ4v) is 2.50. The van der Waals surface area contributed by atoms with Crippen molar-refractivity contribution in [3.05, 3.63) is 35.4 Å². The third kappa shape index (κ3) is 4.35. The molecule has 0 unspecified atom stereocenters. The Morgan fingerprint density at radius 3 is 2.47 bits per heavy atom. The summed E-state index contributed by atoms with van der Waals surface area (Å²) in [4.78, 5) is 11.9. The van der Waals surface area contributed by atoms with Crippen molar-refractivity contribution in [3.63, 3.8) is 0 Å². The van der Waals surface area contributed by atoms with Crippen molar-refractivity contribution >= 4 is 5.91 Å².